The van der Waals surface area contributed by atoms with Crippen molar-refractivity contribution in [2.24, 2.45) is 0 Å². The number of hydrogen-bond donors (Lipinski definition) is 1. The molecule has 5 heteroatoms. The van der Waals surface area contributed by atoms with Crippen molar-refractivity contribution < 1.29 is 24.2 Å². The van der Waals surface area contributed by atoms with E-state index in [1.54, 1.807) is 0 Å². The van der Waals surface area contributed by atoms with Gasteiger partial charge >= 0.3 is 11.9 Å². The minimum atomic E-state index is -0.954. The van der Waals surface area contributed by atoms with E-state index in [1.807, 2.05) is 0 Å². The second-order valence-electron chi connectivity index (χ2n) is 13.8. The normalized spacial score (nSPS) is 12.0. The second-order valence-corrected chi connectivity index (χ2v) is 13.8. The molecule has 0 spiro atoms. The lowest BCUT2D eigenvalue weighted by atomic mass is 10.0. The highest BCUT2D eigenvalue weighted by atomic mass is 16.6. The molecule has 0 unspecified atom stereocenters. The van der Waals surface area contributed by atoms with Gasteiger partial charge in [0.2, 0.25) is 0 Å². The summed E-state index contributed by atoms with van der Waals surface area (Å²) in [6.07, 6.45) is 40.1. The zero-order valence-corrected chi connectivity index (χ0v) is 30.4. The molecular weight excluding hydrogens is 560 g/mol. The first-order chi connectivity index (χ1) is 22.1. The molecule has 268 valence electrons. The van der Waals surface area contributed by atoms with Gasteiger partial charge in [0.15, 0.2) is 0 Å². The highest BCUT2D eigenvalue weighted by molar-refractivity contribution is 5.69. The van der Waals surface area contributed by atoms with Crippen molar-refractivity contribution in [3.8, 4) is 0 Å². The van der Waals surface area contributed by atoms with Crippen LogP contribution in [0.5, 0.6) is 0 Å². The minimum absolute atomic E-state index is 0.107. The van der Waals surface area contributed by atoms with E-state index in [2.05, 4.69) is 13.8 Å². The van der Waals surface area contributed by atoms with Gasteiger partial charge in [-0.1, -0.05) is 200 Å². The molecule has 0 radical (unpaired) electrons. The predicted octanol–water partition coefficient (Wildman–Crippen LogP) is 12.3. The van der Waals surface area contributed by atoms with Gasteiger partial charge in [-0.05, 0) is 12.8 Å². The summed E-state index contributed by atoms with van der Waals surface area (Å²) < 4.78 is 10.3. The van der Waals surface area contributed by atoms with E-state index >= 15 is 0 Å². The summed E-state index contributed by atoms with van der Waals surface area (Å²) in [6, 6.07) is 0. The van der Waals surface area contributed by atoms with Crippen LogP contribution in [-0.4, -0.2) is 36.4 Å². The Bertz CT molecular complexity index is 607. The molecule has 45 heavy (non-hydrogen) atoms. The summed E-state index contributed by atoms with van der Waals surface area (Å²) in [4.78, 5) is 23.9. The molecule has 0 saturated heterocycles. The summed E-state index contributed by atoms with van der Waals surface area (Å²) in [6.45, 7) is 4.33. The fraction of sp³-hybridized carbons (Fsp3) is 0.950. The van der Waals surface area contributed by atoms with E-state index in [-0.39, 0.29) is 25.2 Å². The number of carbonyl (C=O) groups excluding carboxylic acids is 2. The summed E-state index contributed by atoms with van der Waals surface area (Å²) in [5.74, 6) is -0.550. The highest BCUT2D eigenvalue weighted by Gasteiger charge is 2.12. The Hall–Kier alpha value is -1.10. The van der Waals surface area contributed by atoms with Crippen LogP contribution in [-0.2, 0) is 19.1 Å². The highest BCUT2D eigenvalue weighted by Crippen LogP contribution is 2.15. The van der Waals surface area contributed by atoms with Gasteiger partial charge < -0.3 is 14.6 Å². The van der Waals surface area contributed by atoms with Gasteiger partial charge in [-0.15, -0.1) is 0 Å². The zero-order chi connectivity index (χ0) is 32.9. The number of aliphatic hydroxyl groups excluding tert-OH is 1. The minimum Gasteiger partial charge on any atom is -0.463 e. The number of hydrogen-bond acceptors (Lipinski definition) is 5. The third-order valence-corrected chi connectivity index (χ3v) is 9.09. The molecule has 0 aliphatic carbocycles. The van der Waals surface area contributed by atoms with Crippen LogP contribution in [0.25, 0.3) is 0 Å². The Morgan fingerprint density at radius 1 is 0.378 bits per heavy atom. The molecule has 0 fully saturated rings. The Labute approximate surface area is 280 Å². The van der Waals surface area contributed by atoms with Crippen LogP contribution in [0.4, 0.5) is 0 Å². The molecule has 0 aromatic carbocycles. The van der Waals surface area contributed by atoms with Gasteiger partial charge in [0, 0.05) is 12.8 Å². The van der Waals surface area contributed by atoms with Crippen LogP contribution in [0.1, 0.15) is 226 Å². The van der Waals surface area contributed by atoms with Crippen LogP contribution in [0.3, 0.4) is 0 Å². The molecule has 0 aromatic heterocycles. The smallest absolute Gasteiger partial charge is 0.305 e. The van der Waals surface area contributed by atoms with Crippen molar-refractivity contribution in [3.05, 3.63) is 0 Å². The molecule has 1 N–H and O–H groups in total. The van der Waals surface area contributed by atoms with Crippen LogP contribution < -0.4 is 0 Å². The van der Waals surface area contributed by atoms with Crippen molar-refractivity contribution in [1.29, 1.82) is 0 Å². The largest absolute Gasteiger partial charge is 0.463 e. The third-order valence-electron chi connectivity index (χ3n) is 9.09. The first-order valence-electron chi connectivity index (χ1n) is 20.1. The van der Waals surface area contributed by atoms with E-state index < -0.39 is 6.10 Å². The lowest BCUT2D eigenvalue weighted by Gasteiger charge is -2.12. The molecule has 0 aliphatic heterocycles. The first-order valence-corrected chi connectivity index (χ1v) is 20.1. The molecule has 0 bridgehead atoms. The van der Waals surface area contributed by atoms with Gasteiger partial charge in [0.25, 0.3) is 0 Å². The van der Waals surface area contributed by atoms with Crippen LogP contribution in [0.2, 0.25) is 0 Å². The van der Waals surface area contributed by atoms with E-state index in [1.165, 1.54) is 173 Å². The summed E-state index contributed by atoms with van der Waals surface area (Å²) >= 11 is 0. The van der Waals surface area contributed by atoms with Crippen LogP contribution >= 0.6 is 0 Å². The third kappa shape index (κ3) is 37.2. The van der Waals surface area contributed by atoms with E-state index in [9.17, 15) is 14.7 Å². The molecule has 5 nitrogen and oxygen atoms in total. The SMILES string of the molecule is CCCCCCCCCCCCCCCCCCCCC(=O)OC[C@@H](O)COC(=O)CCCCCCCCCCCCCCC. The molecule has 0 saturated carbocycles. The van der Waals surface area contributed by atoms with Gasteiger partial charge in [0.1, 0.15) is 19.3 Å². The molecule has 0 heterocycles. The van der Waals surface area contributed by atoms with E-state index in [0.29, 0.717) is 12.8 Å². The van der Waals surface area contributed by atoms with Crippen LogP contribution in [0.15, 0.2) is 0 Å². The maximum Gasteiger partial charge on any atom is 0.305 e. The van der Waals surface area contributed by atoms with E-state index in [4.69, 9.17) is 9.47 Å². The van der Waals surface area contributed by atoms with Crippen molar-refractivity contribution in [1.82, 2.24) is 0 Å². The second kappa shape index (κ2) is 37.4. The Morgan fingerprint density at radius 2 is 0.578 bits per heavy atom. The summed E-state index contributed by atoms with van der Waals surface area (Å²) in [5, 5.41) is 10.0. The number of carbonyl (C=O) groups is 2. The number of unbranched alkanes of at least 4 members (excludes halogenated alkanes) is 29. The molecule has 0 aliphatic rings. The van der Waals surface area contributed by atoms with Crippen molar-refractivity contribution >= 4 is 11.9 Å². The van der Waals surface area contributed by atoms with Gasteiger partial charge in [-0.3, -0.25) is 9.59 Å². The number of esters is 2. The summed E-state index contributed by atoms with van der Waals surface area (Å²) in [5.41, 5.74) is 0. The number of rotatable bonds is 37. The molecule has 1 atom stereocenters. The van der Waals surface area contributed by atoms with Gasteiger partial charge in [0.05, 0.1) is 0 Å². The van der Waals surface area contributed by atoms with Crippen molar-refractivity contribution in [2.75, 3.05) is 13.2 Å². The Kier molecular flexibility index (Phi) is 36.4. The first kappa shape index (κ1) is 43.9. The number of ether oxygens (including phenoxy) is 2. The maximum absolute atomic E-state index is 12.0. The standard InChI is InChI=1S/C40H78O5/c1-3-5-7-9-11-13-15-17-18-19-20-21-23-25-27-29-31-33-35-40(43)45-37-38(41)36-44-39(42)34-32-30-28-26-24-22-16-14-12-10-8-6-4-2/h38,41H,3-37H2,1-2H3/t38-/m0/s1. The van der Waals surface area contributed by atoms with Gasteiger partial charge in [-0.25, -0.2) is 0 Å². The molecule has 0 amide bonds. The average molecular weight is 639 g/mol. The van der Waals surface area contributed by atoms with Crippen molar-refractivity contribution in [2.45, 2.75) is 232 Å². The molecule has 0 aromatic rings. The summed E-state index contributed by atoms with van der Waals surface area (Å²) in [7, 11) is 0. The fourth-order valence-electron chi connectivity index (χ4n) is 6.03. The zero-order valence-electron chi connectivity index (χ0n) is 30.4. The van der Waals surface area contributed by atoms with Crippen LogP contribution in [0, 0.1) is 0 Å². The molecule has 0 rings (SSSR count). The van der Waals surface area contributed by atoms with E-state index in [0.717, 1.165) is 25.7 Å². The maximum atomic E-state index is 12.0. The lowest BCUT2D eigenvalue weighted by molar-refractivity contribution is -0.152. The lowest BCUT2D eigenvalue weighted by Crippen LogP contribution is -2.25. The topological polar surface area (TPSA) is 72.8 Å². The average Bonchev–Trinajstić information content (AvgIpc) is 3.04. The predicted molar refractivity (Wildman–Crippen MR) is 192 cm³/mol. The Balaban J connectivity index is 3.36. The fourth-order valence-corrected chi connectivity index (χ4v) is 6.03. The van der Waals surface area contributed by atoms with Crippen molar-refractivity contribution in [3.63, 3.8) is 0 Å². The Morgan fingerprint density at radius 3 is 0.800 bits per heavy atom. The molecular formula is C40H78O5. The number of aliphatic hydroxyl groups is 1. The van der Waals surface area contributed by atoms with Gasteiger partial charge in [-0.2, -0.15) is 0 Å². The quantitative estimate of drug-likeness (QED) is 0.0541. The monoisotopic (exact) mass is 639 g/mol.